The number of hydrogen-bond acceptors (Lipinski definition) is 2. The predicted molar refractivity (Wildman–Crippen MR) is 90.6 cm³/mol. The molecule has 0 unspecified atom stereocenters. The van der Waals surface area contributed by atoms with Crippen LogP contribution >= 0.6 is 15.9 Å². The van der Waals surface area contributed by atoms with E-state index in [0.717, 1.165) is 19.4 Å². The van der Waals surface area contributed by atoms with E-state index in [-0.39, 0.29) is 11.8 Å². The second-order valence-corrected chi connectivity index (χ2v) is 6.47. The first-order valence-corrected chi connectivity index (χ1v) is 8.67. The molecule has 0 spiro atoms. The third-order valence-corrected chi connectivity index (χ3v) is 4.46. The number of unbranched alkanes of at least 4 members (excludes halogenated alkanes) is 1. The number of carbonyl (C=O) groups excluding carboxylic acids is 1. The molecule has 0 aliphatic carbocycles. The highest BCUT2D eigenvalue weighted by Crippen LogP contribution is 2.19. The molecular formula is C16H23BrFN3O. The SMILES string of the molecule is O=C(NCCCCN1CCCCC1)Nc1ccc(Br)c(F)c1. The first-order chi connectivity index (χ1) is 10.6. The zero-order valence-corrected chi connectivity index (χ0v) is 14.3. The number of rotatable bonds is 6. The lowest BCUT2D eigenvalue weighted by molar-refractivity contribution is 0.224. The lowest BCUT2D eigenvalue weighted by Gasteiger charge is -2.26. The molecule has 0 aromatic heterocycles. The summed E-state index contributed by atoms with van der Waals surface area (Å²) in [5.74, 6) is -0.390. The second-order valence-electron chi connectivity index (χ2n) is 5.62. The van der Waals surface area contributed by atoms with Crippen LogP contribution in [-0.2, 0) is 0 Å². The molecule has 1 aromatic rings. The maximum atomic E-state index is 13.3. The van der Waals surface area contributed by atoms with Gasteiger partial charge in [0.1, 0.15) is 5.82 Å². The van der Waals surface area contributed by atoms with Crippen LogP contribution in [0.15, 0.2) is 22.7 Å². The zero-order valence-electron chi connectivity index (χ0n) is 12.7. The highest BCUT2D eigenvalue weighted by molar-refractivity contribution is 9.10. The van der Waals surface area contributed by atoms with Crippen LogP contribution in [0, 0.1) is 5.82 Å². The summed E-state index contributed by atoms with van der Waals surface area (Å²) in [6, 6.07) is 4.23. The van der Waals surface area contributed by atoms with E-state index in [2.05, 4.69) is 31.5 Å². The van der Waals surface area contributed by atoms with E-state index in [1.165, 1.54) is 38.4 Å². The van der Waals surface area contributed by atoms with Crippen LogP contribution in [0.3, 0.4) is 0 Å². The quantitative estimate of drug-likeness (QED) is 0.742. The van der Waals surface area contributed by atoms with E-state index in [9.17, 15) is 9.18 Å². The monoisotopic (exact) mass is 371 g/mol. The summed E-state index contributed by atoms with van der Waals surface area (Å²) in [4.78, 5) is 14.2. The van der Waals surface area contributed by atoms with Gasteiger partial charge in [0.05, 0.1) is 4.47 Å². The fourth-order valence-corrected chi connectivity index (χ4v) is 2.84. The zero-order chi connectivity index (χ0) is 15.8. The normalized spacial score (nSPS) is 15.5. The van der Waals surface area contributed by atoms with Crippen LogP contribution < -0.4 is 10.6 Å². The number of nitrogens with one attached hydrogen (secondary N) is 2. The summed E-state index contributed by atoms with van der Waals surface area (Å²) >= 11 is 3.08. The summed E-state index contributed by atoms with van der Waals surface area (Å²) in [6.45, 7) is 4.17. The topological polar surface area (TPSA) is 44.4 Å². The molecule has 1 heterocycles. The highest BCUT2D eigenvalue weighted by atomic mass is 79.9. The second kappa shape index (κ2) is 9.10. The Labute approximate surface area is 139 Å². The fourth-order valence-electron chi connectivity index (χ4n) is 2.59. The number of nitrogens with zero attached hydrogens (tertiary/aromatic N) is 1. The Balaban J connectivity index is 1.58. The summed E-state index contributed by atoms with van der Waals surface area (Å²) in [5, 5.41) is 5.43. The first-order valence-electron chi connectivity index (χ1n) is 7.87. The standard InChI is InChI=1S/C16H23BrFN3O/c17-14-7-6-13(12-15(14)18)20-16(22)19-8-2-5-11-21-9-3-1-4-10-21/h6-7,12H,1-5,8-11H2,(H2,19,20,22). The van der Waals surface area contributed by atoms with Gasteiger partial charge in [0.25, 0.3) is 0 Å². The maximum absolute atomic E-state index is 13.3. The van der Waals surface area contributed by atoms with Crippen LogP contribution in [0.5, 0.6) is 0 Å². The van der Waals surface area contributed by atoms with Crippen LogP contribution in [0.4, 0.5) is 14.9 Å². The van der Waals surface area contributed by atoms with Gasteiger partial charge in [-0.05, 0) is 79.4 Å². The number of amides is 2. The largest absolute Gasteiger partial charge is 0.338 e. The smallest absolute Gasteiger partial charge is 0.319 e. The minimum Gasteiger partial charge on any atom is -0.338 e. The molecule has 0 atom stereocenters. The molecule has 2 N–H and O–H groups in total. The van der Waals surface area contributed by atoms with Gasteiger partial charge < -0.3 is 15.5 Å². The van der Waals surface area contributed by atoms with Gasteiger partial charge in [-0.1, -0.05) is 6.42 Å². The number of carbonyl (C=O) groups is 1. The van der Waals surface area contributed by atoms with Crippen molar-refractivity contribution in [2.75, 3.05) is 31.5 Å². The van der Waals surface area contributed by atoms with Crippen LogP contribution in [0.2, 0.25) is 0 Å². The lowest BCUT2D eigenvalue weighted by Crippen LogP contribution is -2.32. The van der Waals surface area contributed by atoms with Gasteiger partial charge >= 0.3 is 6.03 Å². The molecule has 6 heteroatoms. The molecule has 0 radical (unpaired) electrons. The summed E-state index contributed by atoms with van der Waals surface area (Å²) in [7, 11) is 0. The molecule has 4 nitrogen and oxygen atoms in total. The van der Waals surface area contributed by atoms with Crippen LogP contribution in [-0.4, -0.2) is 37.1 Å². The third-order valence-electron chi connectivity index (χ3n) is 3.81. The van der Waals surface area contributed by atoms with Crippen molar-refractivity contribution in [3.63, 3.8) is 0 Å². The van der Waals surface area contributed by atoms with Crippen molar-refractivity contribution in [3.05, 3.63) is 28.5 Å². The Morgan fingerprint density at radius 3 is 2.73 bits per heavy atom. The van der Waals surface area contributed by atoms with Crippen molar-refractivity contribution >= 4 is 27.6 Å². The van der Waals surface area contributed by atoms with Crippen molar-refractivity contribution in [1.29, 1.82) is 0 Å². The number of halogens is 2. The van der Waals surface area contributed by atoms with Crippen LogP contribution in [0.25, 0.3) is 0 Å². The average Bonchev–Trinajstić information content (AvgIpc) is 2.52. The van der Waals surface area contributed by atoms with Crippen molar-refractivity contribution in [1.82, 2.24) is 10.2 Å². The molecule has 1 fully saturated rings. The Morgan fingerprint density at radius 2 is 2.00 bits per heavy atom. The number of urea groups is 1. The number of likely N-dealkylation sites (tertiary alicyclic amines) is 1. The summed E-state index contributed by atoms with van der Waals surface area (Å²) in [5.41, 5.74) is 0.450. The van der Waals surface area contributed by atoms with E-state index in [0.29, 0.717) is 16.7 Å². The minimum absolute atomic E-state index is 0.292. The number of anilines is 1. The molecule has 122 valence electrons. The van der Waals surface area contributed by atoms with Crippen molar-refractivity contribution in [3.8, 4) is 0 Å². The Morgan fingerprint density at radius 1 is 1.23 bits per heavy atom. The van der Waals surface area contributed by atoms with Crippen LogP contribution in [0.1, 0.15) is 32.1 Å². The fraction of sp³-hybridized carbons (Fsp3) is 0.562. The summed E-state index contributed by atoms with van der Waals surface area (Å²) < 4.78 is 13.7. The van der Waals surface area contributed by atoms with Gasteiger partial charge in [-0.15, -0.1) is 0 Å². The lowest BCUT2D eigenvalue weighted by atomic mass is 10.1. The Hall–Kier alpha value is -1.14. The van der Waals surface area contributed by atoms with Gasteiger partial charge in [-0.25, -0.2) is 9.18 Å². The Kier molecular flexibility index (Phi) is 7.12. The first kappa shape index (κ1) is 17.2. The van der Waals surface area contributed by atoms with Gasteiger partial charge in [-0.2, -0.15) is 0 Å². The third kappa shape index (κ3) is 5.93. The average molecular weight is 372 g/mol. The molecule has 2 rings (SSSR count). The van der Waals surface area contributed by atoms with E-state index < -0.39 is 0 Å². The van der Waals surface area contributed by atoms with E-state index in [1.54, 1.807) is 12.1 Å². The molecule has 1 saturated heterocycles. The van der Waals surface area contributed by atoms with Gasteiger partial charge in [0.2, 0.25) is 0 Å². The number of benzene rings is 1. The molecular weight excluding hydrogens is 349 g/mol. The van der Waals surface area contributed by atoms with Crippen molar-refractivity contribution in [2.24, 2.45) is 0 Å². The summed E-state index contributed by atoms with van der Waals surface area (Å²) in [6.07, 6.45) is 6.02. The number of piperidine rings is 1. The predicted octanol–water partition coefficient (Wildman–Crippen LogP) is 3.98. The van der Waals surface area contributed by atoms with Crippen molar-refractivity contribution in [2.45, 2.75) is 32.1 Å². The highest BCUT2D eigenvalue weighted by Gasteiger charge is 2.09. The van der Waals surface area contributed by atoms with E-state index >= 15 is 0 Å². The molecule has 0 saturated carbocycles. The van der Waals surface area contributed by atoms with Gasteiger partial charge in [0.15, 0.2) is 0 Å². The van der Waals surface area contributed by atoms with Gasteiger partial charge in [-0.3, -0.25) is 0 Å². The molecule has 2 amide bonds. The molecule has 1 aliphatic rings. The molecule has 0 bridgehead atoms. The maximum Gasteiger partial charge on any atom is 0.319 e. The van der Waals surface area contributed by atoms with Crippen molar-refractivity contribution < 1.29 is 9.18 Å². The number of hydrogen-bond donors (Lipinski definition) is 2. The molecule has 22 heavy (non-hydrogen) atoms. The van der Waals surface area contributed by atoms with E-state index in [1.807, 2.05) is 0 Å². The van der Waals surface area contributed by atoms with Gasteiger partial charge in [0, 0.05) is 12.2 Å². The minimum atomic E-state index is -0.390. The molecule has 1 aromatic carbocycles. The molecule has 1 aliphatic heterocycles. The Bertz CT molecular complexity index is 492. The van der Waals surface area contributed by atoms with E-state index in [4.69, 9.17) is 0 Å².